The van der Waals surface area contributed by atoms with Crippen LogP contribution in [0.15, 0.2) is 65.3 Å². The SMILES string of the molecule is Cc1cc(/C(=C/Nc2ccc(N(C)C)cc2)C(=O)Nc2ccc(Cl)cc2)on1. The molecular weight excluding hydrogens is 376 g/mol. The number of halogens is 1. The van der Waals surface area contributed by atoms with Crippen molar-refractivity contribution in [2.75, 3.05) is 29.6 Å². The summed E-state index contributed by atoms with van der Waals surface area (Å²) >= 11 is 5.90. The number of amides is 1. The maximum atomic E-state index is 12.8. The van der Waals surface area contributed by atoms with Gasteiger partial charge in [0.1, 0.15) is 5.57 Å². The van der Waals surface area contributed by atoms with E-state index in [-0.39, 0.29) is 5.91 Å². The van der Waals surface area contributed by atoms with Gasteiger partial charge in [-0.2, -0.15) is 0 Å². The van der Waals surface area contributed by atoms with Crippen molar-refractivity contribution in [2.24, 2.45) is 0 Å². The molecule has 2 N–H and O–H groups in total. The van der Waals surface area contributed by atoms with Gasteiger partial charge in [-0.1, -0.05) is 16.8 Å². The second kappa shape index (κ2) is 8.63. The van der Waals surface area contributed by atoms with Crippen molar-refractivity contribution in [1.29, 1.82) is 0 Å². The van der Waals surface area contributed by atoms with Gasteiger partial charge >= 0.3 is 0 Å². The van der Waals surface area contributed by atoms with Crippen LogP contribution in [-0.4, -0.2) is 25.2 Å². The second-order valence-corrected chi connectivity index (χ2v) is 6.87. The van der Waals surface area contributed by atoms with E-state index in [1.807, 2.05) is 43.3 Å². The molecule has 0 unspecified atom stereocenters. The number of hydrogen-bond acceptors (Lipinski definition) is 5. The molecule has 0 saturated carbocycles. The first-order valence-corrected chi connectivity index (χ1v) is 9.05. The number of nitrogens with one attached hydrogen (secondary N) is 2. The zero-order valence-corrected chi connectivity index (χ0v) is 16.6. The first-order valence-electron chi connectivity index (χ1n) is 8.67. The summed E-state index contributed by atoms with van der Waals surface area (Å²) in [6.45, 7) is 1.80. The minimum absolute atomic E-state index is 0.323. The number of carbonyl (C=O) groups is 1. The number of nitrogens with zero attached hydrogens (tertiary/aromatic N) is 2. The predicted octanol–water partition coefficient (Wildman–Crippen LogP) is 4.79. The van der Waals surface area contributed by atoms with Gasteiger partial charge in [0, 0.05) is 48.4 Å². The van der Waals surface area contributed by atoms with Crippen LogP contribution >= 0.6 is 11.6 Å². The van der Waals surface area contributed by atoms with Gasteiger partial charge in [0.25, 0.3) is 5.91 Å². The van der Waals surface area contributed by atoms with Crippen molar-refractivity contribution in [3.05, 3.63) is 77.3 Å². The van der Waals surface area contributed by atoms with E-state index in [0.717, 1.165) is 11.4 Å². The summed E-state index contributed by atoms with van der Waals surface area (Å²) in [5.74, 6) is 0.0530. The summed E-state index contributed by atoms with van der Waals surface area (Å²) in [5.41, 5.74) is 3.58. The molecule has 1 heterocycles. The van der Waals surface area contributed by atoms with E-state index < -0.39 is 0 Å². The van der Waals surface area contributed by atoms with Gasteiger partial charge in [-0.3, -0.25) is 4.79 Å². The fourth-order valence-electron chi connectivity index (χ4n) is 2.48. The summed E-state index contributed by atoms with van der Waals surface area (Å²) in [7, 11) is 3.96. The number of carbonyl (C=O) groups excluding carboxylic acids is 1. The molecular formula is C21H21ClN4O2. The molecule has 3 rings (SSSR count). The largest absolute Gasteiger partial charge is 0.378 e. The zero-order chi connectivity index (χ0) is 20.1. The number of hydrogen-bond donors (Lipinski definition) is 2. The number of benzene rings is 2. The first kappa shape index (κ1) is 19.5. The molecule has 3 aromatic rings. The average molecular weight is 397 g/mol. The van der Waals surface area contributed by atoms with Gasteiger partial charge in [0.05, 0.1) is 5.69 Å². The Kier molecular flexibility index (Phi) is 6.01. The Bertz CT molecular complexity index is 976. The Morgan fingerprint density at radius 3 is 2.29 bits per heavy atom. The van der Waals surface area contributed by atoms with Crippen molar-refractivity contribution in [3.8, 4) is 0 Å². The average Bonchev–Trinajstić information content (AvgIpc) is 3.10. The van der Waals surface area contributed by atoms with E-state index in [0.29, 0.717) is 27.7 Å². The topological polar surface area (TPSA) is 70.4 Å². The summed E-state index contributed by atoms with van der Waals surface area (Å²) in [4.78, 5) is 14.8. The quantitative estimate of drug-likeness (QED) is 0.586. The minimum Gasteiger partial charge on any atom is -0.378 e. The summed E-state index contributed by atoms with van der Waals surface area (Å²) in [6.07, 6.45) is 1.61. The predicted molar refractivity (Wildman–Crippen MR) is 114 cm³/mol. The molecule has 0 saturated heterocycles. The molecule has 2 aromatic carbocycles. The maximum absolute atomic E-state index is 12.8. The lowest BCUT2D eigenvalue weighted by Crippen LogP contribution is -2.14. The third-order valence-electron chi connectivity index (χ3n) is 4.01. The van der Waals surface area contributed by atoms with Crippen LogP contribution in [0.3, 0.4) is 0 Å². The lowest BCUT2D eigenvalue weighted by molar-refractivity contribution is -0.111. The third-order valence-corrected chi connectivity index (χ3v) is 4.26. The highest BCUT2D eigenvalue weighted by atomic mass is 35.5. The first-order chi connectivity index (χ1) is 13.4. The van der Waals surface area contributed by atoms with Crippen molar-refractivity contribution in [3.63, 3.8) is 0 Å². The van der Waals surface area contributed by atoms with Crippen LogP contribution in [0.25, 0.3) is 5.57 Å². The van der Waals surface area contributed by atoms with Crippen LogP contribution in [0.4, 0.5) is 17.1 Å². The number of anilines is 3. The van der Waals surface area contributed by atoms with Crippen LogP contribution in [0, 0.1) is 6.92 Å². The van der Waals surface area contributed by atoms with Crippen LogP contribution in [0.1, 0.15) is 11.5 Å². The summed E-state index contributed by atoms with van der Waals surface area (Å²) in [6, 6.07) is 16.5. The molecule has 0 aliphatic heterocycles. The van der Waals surface area contributed by atoms with Gasteiger partial charge in [-0.15, -0.1) is 0 Å². The Morgan fingerprint density at radius 1 is 1.07 bits per heavy atom. The second-order valence-electron chi connectivity index (χ2n) is 6.44. The number of rotatable bonds is 6. The van der Waals surface area contributed by atoms with Crippen LogP contribution in [0.2, 0.25) is 5.02 Å². The molecule has 0 atom stereocenters. The monoisotopic (exact) mass is 396 g/mol. The molecule has 0 radical (unpaired) electrons. The van der Waals surface area contributed by atoms with Gasteiger partial charge in [-0.05, 0) is 55.5 Å². The molecule has 0 aliphatic rings. The lowest BCUT2D eigenvalue weighted by Gasteiger charge is -2.13. The molecule has 6 nitrogen and oxygen atoms in total. The number of aromatic nitrogens is 1. The van der Waals surface area contributed by atoms with E-state index in [1.165, 1.54) is 0 Å². The fraction of sp³-hybridized carbons (Fsp3) is 0.143. The Morgan fingerprint density at radius 2 is 1.71 bits per heavy atom. The Labute approximate surface area is 168 Å². The molecule has 144 valence electrons. The van der Waals surface area contributed by atoms with Crippen molar-refractivity contribution >= 4 is 40.1 Å². The molecule has 1 amide bonds. The molecule has 0 fully saturated rings. The summed E-state index contributed by atoms with van der Waals surface area (Å²) in [5, 5.41) is 10.5. The van der Waals surface area contributed by atoms with Crippen molar-refractivity contribution in [2.45, 2.75) is 6.92 Å². The summed E-state index contributed by atoms with van der Waals surface area (Å²) < 4.78 is 5.30. The molecule has 7 heteroatoms. The van der Waals surface area contributed by atoms with Crippen LogP contribution in [0.5, 0.6) is 0 Å². The van der Waals surface area contributed by atoms with Crippen molar-refractivity contribution < 1.29 is 9.32 Å². The van der Waals surface area contributed by atoms with Gasteiger partial charge < -0.3 is 20.1 Å². The lowest BCUT2D eigenvalue weighted by atomic mass is 10.2. The van der Waals surface area contributed by atoms with Crippen molar-refractivity contribution in [1.82, 2.24) is 5.16 Å². The highest BCUT2D eigenvalue weighted by Gasteiger charge is 2.17. The highest BCUT2D eigenvalue weighted by Crippen LogP contribution is 2.21. The van der Waals surface area contributed by atoms with E-state index in [1.54, 1.807) is 43.5 Å². The van der Waals surface area contributed by atoms with E-state index in [9.17, 15) is 4.79 Å². The van der Waals surface area contributed by atoms with Crippen LogP contribution in [-0.2, 0) is 4.79 Å². The molecule has 1 aromatic heterocycles. The minimum atomic E-state index is -0.323. The fourth-order valence-corrected chi connectivity index (χ4v) is 2.61. The smallest absolute Gasteiger partial charge is 0.261 e. The van der Waals surface area contributed by atoms with Gasteiger partial charge in [0.2, 0.25) is 0 Å². The molecule has 0 bridgehead atoms. The normalized spacial score (nSPS) is 11.2. The highest BCUT2D eigenvalue weighted by molar-refractivity contribution is 6.30. The van der Waals surface area contributed by atoms with Gasteiger partial charge in [0.15, 0.2) is 5.76 Å². The Hall–Kier alpha value is -3.25. The third kappa shape index (κ3) is 4.92. The van der Waals surface area contributed by atoms with Gasteiger partial charge in [-0.25, -0.2) is 0 Å². The zero-order valence-electron chi connectivity index (χ0n) is 15.9. The van der Waals surface area contributed by atoms with E-state index >= 15 is 0 Å². The molecule has 28 heavy (non-hydrogen) atoms. The van der Waals surface area contributed by atoms with E-state index in [4.69, 9.17) is 16.1 Å². The number of aryl methyl sites for hydroxylation is 1. The molecule has 0 aliphatic carbocycles. The standard InChI is InChI=1S/C21H21ClN4O2/c1-14-12-20(28-25-14)19(21(27)24-17-6-4-15(22)5-7-17)13-23-16-8-10-18(11-9-16)26(2)3/h4-13,23H,1-3H3,(H,24,27)/b19-13-. The van der Waals surface area contributed by atoms with E-state index in [2.05, 4.69) is 15.8 Å². The Balaban J connectivity index is 1.83. The van der Waals surface area contributed by atoms with Crippen LogP contribution < -0.4 is 15.5 Å². The molecule has 0 spiro atoms. The maximum Gasteiger partial charge on any atom is 0.261 e.